The number of aryl methyl sites for hydroxylation is 1. The third-order valence-electron chi connectivity index (χ3n) is 4.53. The minimum atomic E-state index is -1.62. The molecule has 0 atom stereocenters. The molecule has 3 aromatic rings. The molecule has 0 fully saturated rings. The Hall–Kier alpha value is -2.64. The molecule has 0 unspecified atom stereocenters. The topological polar surface area (TPSA) is 45.9 Å². The summed E-state index contributed by atoms with van der Waals surface area (Å²) in [4.78, 5) is 4.58. The number of fused-ring (bicyclic) bond motifs is 1. The van der Waals surface area contributed by atoms with Crippen LogP contribution in [0.2, 0.25) is 19.6 Å². The van der Waals surface area contributed by atoms with Crippen LogP contribution < -0.4 is 9.92 Å². The van der Waals surface area contributed by atoms with Crippen molar-refractivity contribution in [3.8, 4) is 22.9 Å². The molecular formula is C21H22N2OSi. The molecule has 0 aliphatic carbocycles. The van der Waals surface area contributed by atoms with Crippen LogP contribution in [0.5, 0.6) is 5.75 Å². The minimum Gasteiger partial charge on any atom is -0.497 e. The highest BCUT2D eigenvalue weighted by Gasteiger charge is 2.24. The zero-order valence-corrected chi connectivity index (χ0v) is 16.3. The SMILES string of the molecule is COc1ccc(-c2ccnc3c(C#N)c(C)cc([Si](C)(C)C)c23)cc1. The lowest BCUT2D eigenvalue weighted by Crippen LogP contribution is -2.38. The van der Waals surface area contributed by atoms with Crippen LogP contribution in [-0.2, 0) is 0 Å². The zero-order chi connectivity index (χ0) is 18.2. The summed E-state index contributed by atoms with van der Waals surface area (Å²) in [5.41, 5.74) is 4.73. The molecule has 3 rings (SSSR count). The monoisotopic (exact) mass is 346 g/mol. The predicted octanol–water partition coefficient (Wildman–Crippen LogP) is 4.64. The van der Waals surface area contributed by atoms with Crippen molar-refractivity contribution in [2.45, 2.75) is 26.6 Å². The number of ether oxygens (including phenoxy) is 1. The van der Waals surface area contributed by atoms with Crippen LogP contribution in [0.15, 0.2) is 42.6 Å². The second-order valence-electron chi connectivity index (χ2n) is 7.29. The van der Waals surface area contributed by atoms with Gasteiger partial charge in [-0.3, -0.25) is 4.98 Å². The van der Waals surface area contributed by atoms with E-state index in [0.717, 1.165) is 33.3 Å². The van der Waals surface area contributed by atoms with Crippen LogP contribution in [0.1, 0.15) is 11.1 Å². The molecule has 126 valence electrons. The van der Waals surface area contributed by atoms with Crippen molar-refractivity contribution in [3.63, 3.8) is 0 Å². The molecule has 0 radical (unpaired) electrons. The number of methoxy groups -OCH3 is 1. The Morgan fingerprint density at radius 3 is 2.32 bits per heavy atom. The molecule has 0 N–H and O–H groups in total. The van der Waals surface area contributed by atoms with Crippen LogP contribution >= 0.6 is 0 Å². The van der Waals surface area contributed by atoms with Gasteiger partial charge in [0.2, 0.25) is 0 Å². The summed E-state index contributed by atoms with van der Waals surface area (Å²) in [5, 5.41) is 12.1. The number of aromatic nitrogens is 1. The summed E-state index contributed by atoms with van der Waals surface area (Å²) in [6.07, 6.45) is 1.80. The molecule has 1 heterocycles. The first-order valence-electron chi connectivity index (χ1n) is 8.34. The summed E-state index contributed by atoms with van der Waals surface area (Å²) >= 11 is 0. The number of benzene rings is 2. The fourth-order valence-electron chi connectivity index (χ4n) is 3.22. The summed E-state index contributed by atoms with van der Waals surface area (Å²) in [6.45, 7) is 9.00. The lowest BCUT2D eigenvalue weighted by molar-refractivity contribution is 0.415. The molecule has 0 saturated carbocycles. The highest BCUT2D eigenvalue weighted by Crippen LogP contribution is 2.31. The number of pyridine rings is 1. The molecule has 0 aliphatic rings. The maximum absolute atomic E-state index is 9.64. The molecule has 3 nitrogen and oxygen atoms in total. The summed E-state index contributed by atoms with van der Waals surface area (Å²) in [7, 11) is 0.0478. The van der Waals surface area contributed by atoms with Gasteiger partial charge in [-0.1, -0.05) is 37.8 Å². The second kappa shape index (κ2) is 6.34. The maximum atomic E-state index is 9.64. The van der Waals surface area contributed by atoms with E-state index in [9.17, 15) is 5.26 Å². The van der Waals surface area contributed by atoms with E-state index in [-0.39, 0.29) is 0 Å². The van der Waals surface area contributed by atoms with E-state index in [1.54, 1.807) is 13.3 Å². The molecular weight excluding hydrogens is 324 g/mol. The molecule has 0 spiro atoms. The Bertz CT molecular complexity index is 980. The molecule has 2 aromatic carbocycles. The van der Waals surface area contributed by atoms with Crippen molar-refractivity contribution in [1.82, 2.24) is 4.98 Å². The maximum Gasteiger partial charge on any atom is 0.118 e. The van der Waals surface area contributed by atoms with Gasteiger partial charge in [-0.15, -0.1) is 0 Å². The third kappa shape index (κ3) is 3.03. The van der Waals surface area contributed by atoms with E-state index in [2.05, 4.69) is 48.9 Å². The van der Waals surface area contributed by atoms with Gasteiger partial charge in [-0.25, -0.2) is 0 Å². The van der Waals surface area contributed by atoms with Crippen LogP contribution in [-0.4, -0.2) is 20.2 Å². The predicted molar refractivity (Wildman–Crippen MR) is 106 cm³/mol. The molecule has 1 aromatic heterocycles. The minimum absolute atomic E-state index is 0.673. The van der Waals surface area contributed by atoms with Gasteiger partial charge in [-0.05, 0) is 47.0 Å². The number of hydrogen-bond acceptors (Lipinski definition) is 3. The van der Waals surface area contributed by atoms with Gasteiger partial charge in [0.15, 0.2) is 0 Å². The Kier molecular flexibility index (Phi) is 4.36. The third-order valence-corrected chi connectivity index (χ3v) is 6.54. The second-order valence-corrected chi connectivity index (χ2v) is 12.3. The lowest BCUT2D eigenvalue weighted by Gasteiger charge is -2.23. The normalized spacial score (nSPS) is 11.4. The average Bonchev–Trinajstić information content (AvgIpc) is 2.59. The quantitative estimate of drug-likeness (QED) is 0.649. The first-order valence-corrected chi connectivity index (χ1v) is 11.8. The van der Waals surface area contributed by atoms with Crippen LogP contribution in [0.3, 0.4) is 0 Å². The van der Waals surface area contributed by atoms with Crippen LogP contribution in [0, 0.1) is 18.3 Å². The van der Waals surface area contributed by atoms with E-state index in [0.29, 0.717) is 5.56 Å². The van der Waals surface area contributed by atoms with Gasteiger partial charge in [0.25, 0.3) is 0 Å². The largest absolute Gasteiger partial charge is 0.497 e. The summed E-state index contributed by atoms with van der Waals surface area (Å²) in [6, 6.07) is 14.6. The molecule has 25 heavy (non-hydrogen) atoms. The Morgan fingerprint density at radius 1 is 1.08 bits per heavy atom. The number of hydrogen-bond donors (Lipinski definition) is 0. The van der Waals surface area contributed by atoms with Crippen LogP contribution in [0.25, 0.3) is 22.0 Å². The molecule has 0 bridgehead atoms. The van der Waals surface area contributed by atoms with Gasteiger partial charge in [0.1, 0.15) is 11.8 Å². The van der Waals surface area contributed by atoms with E-state index in [1.807, 2.05) is 25.1 Å². The Morgan fingerprint density at radius 2 is 1.76 bits per heavy atom. The molecule has 0 aliphatic heterocycles. The highest BCUT2D eigenvalue weighted by molar-refractivity contribution is 6.90. The van der Waals surface area contributed by atoms with E-state index in [4.69, 9.17) is 4.74 Å². The summed E-state index contributed by atoms with van der Waals surface area (Å²) in [5.74, 6) is 0.834. The van der Waals surface area contributed by atoms with E-state index >= 15 is 0 Å². The fraction of sp³-hybridized carbons (Fsp3) is 0.238. The van der Waals surface area contributed by atoms with Crippen molar-refractivity contribution in [3.05, 3.63) is 53.7 Å². The van der Waals surface area contributed by atoms with Crippen molar-refractivity contribution < 1.29 is 4.74 Å². The zero-order valence-electron chi connectivity index (χ0n) is 15.3. The average molecular weight is 347 g/mol. The van der Waals surface area contributed by atoms with Gasteiger partial charge in [-0.2, -0.15) is 5.26 Å². The number of rotatable bonds is 3. The first kappa shape index (κ1) is 17.2. The number of nitrogens with zero attached hydrogens (tertiary/aromatic N) is 2. The van der Waals surface area contributed by atoms with Crippen molar-refractivity contribution >= 4 is 24.2 Å². The fourth-order valence-corrected chi connectivity index (χ4v) is 4.87. The standard InChI is InChI=1S/C21H22N2OSi/c1-14-12-19(25(3,4)5)20-17(10-11-23-21(20)18(14)13-22)15-6-8-16(24-2)9-7-15/h6-12H,1-5H3. The highest BCUT2D eigenvalue weighted by atomic mass is 28.3. The van der Waals surface area contributed by atoms with Gasteiger partial charge in [0, 0.05) is 11.6 Å². The number of nitriles is 1. The summed E-state index contributed by atoms with van der Waals surface area (Å²) < 4.78 is 5.27. The van der Waals surface area contributed by atoms with Crippen molar-refractivity contribution in [2.75, 3.05) is 7.11 Å². The van der Waals surface area contributed by atoms with E-state index < -0.39 is 8.07 Å². The van der Waals surface area contributed by atoms with Crippen molar-refractivity contribution in [1.29, 1.82) is 5.26 Å². The van der Waals surface area contributed by atoms with Crippen molar-refractivity contribution in [2.24, 2.45) is 0 Å². The molecule has 0 amide bonds. The van der Waals surface area contributed by atoms with E-state index in [1.165, 1.54) is 5.19 Å². The first-order chi connectivity index (χ1) is 11.9. The molecule has 0 saturated heterocycles. The van der Waals surface area contributed by atoms with Gasteiger partial charge in [0.05, 0.1) is 26.3 Å². The smallest absolute Gasteiger partial charge is 0.118 e. The lowest BCUT2D eigenvalue weighted by atomic mass is 9.97. The van der Waals surface area contributed by atoms with Crippen LogP contribution in [0.4, 0.5) is 0 Å². The van der Waals surface area contributed by atoms with Gasteiger partial charge >= 0.3 is 0 Å². The Balaban J connectivity index is 2.42. The Labute approximate surface area is 149 Å². The van der Waals surface area contributed by atoms with Gasteiger partial charge < -0.3 is 4.74 Å². The molecule has 4 heteroatoms.